The number of amides is 1. The second-order valence-electron chi connectivity index (χ2n) is 9.86. The number of hydrogen-bond donors (Lipinski definition) is 0. The molecule has 0 atom stereocenters. The lowest BCUT2D eigenvalue weighted by Gasteiger charge is -2.36. The molecule has 5 nitrogen and oxygen atoms in total. The third-order valence-electron chi connectivity index (χ3n) is 7.53. The minimum atomic E-state index is -1.15. The normalized spacial score (nSPS) is 35.0. The predicted molar refractivity (Wildman–Crippen MR) is 106 cm³/mol. The largest absolute Gasteiger partial charge is 0.494 e. The van der Waals surface area contributed by atoms with Crippen LogP contribution in [0, 0.1) is 5.41 Å². The molecule has 7 heteroatoms. The average Bonchev–Trinajstić information content (AvgIpc) is 3.41. The Morgan fingerprint density at radius 2 is 1.46 bits per heavy atom. The van der Waals surface area contributed by atoms with Gasteiger partial charge < -0.3 is 19.1 Å². The minimum Gasteiger partial charge on any atom is -0.399 e. The van der Waals surface area contributed by atoms with Crippen molar-refractivity contribution in [3.63, 3.8) is 0 Å². The number of hydrogen-bond acceptors (Lipinski definition) is 4. The number of nitrogens with zero attached hydrogens (tertiary/aromatic N) is 2. The Kier molecular flexibility index (Phi) is 3.63. The van der Waals surface area contributed by atoms with Crippen LogP contribution in [0.2, 0.25) is 0 Å². The van der Waals surface area contributed by atoms with Crippen LogP contribution in [-0.4, -0.2) is 61.0 Å². The molecule has 1 aromatic carbocycles. The fourth-order valence-electron chi connectivity index (χ4n) is 4.45. The summed E-state index contributed by atoms with van der Waals surface area (Å²) in [6.07, 6.45) is 0.888. The lowest BCUT2D eigenvalue weighted by Crippen LogP contribution is -2.50. The Morgan fingerprint density at radius 1 is 0.964 bits per heavy atom. The van der Waals surface area contributed by atoms with Crippen LogP contribution in [0.25, 0.3) is 0 Å². The van der Waals surface area contributed by atoms with E-state index in [2.05, 4.69) is 56.9 Å². The Balaban J connectivity index is 1.20. The van der Waals surface area contributed by atoms with Gasteiger partial charge in [-0.25, -0.2) is 4.39 Å². The fraction of sp³-hybridized carbons (Fsp3) is 0.667. The first kappa shape index (κ1) is 18.4. The smallest absolute Gasteiger partial charge is 0.399 e. The molecule has 0 radical (unpaired) electrons. The predicted octanol–water partition coefficient (Wildman–Crippen LogP) is 2.14. The number of anilines is 1. The van der Waals surface area contributed by atoms with Crippen molar-refractivity contribution in [2.45, 2.75) is 57.4 Å². The van der Waals surface area contributed by atoms with E-state index in [0.717, 1.165) is 24.2 Å². The molecular weight excluding hydrogens is 358 g/mol. The second kappa shape index (κ2) is 5.51. The molecule has 2 aliphatic heterocycles. The van der Waals surface area contributed by atoms with E-state index in [1.807, 2.05) is 4.90 Å². The highest BCUT2D eigenvalue weighted by molar-refractivity contribution is 6.62. The zero-order valence-electron chi connectivity index (χ0n) is 17.1. The molecule has 0 unspecified atom stereocenters. The molecule has 4 fully saturated rings. The van der Waals surface area contributed by atoms with E-state index in [1.54, 1.807) is 0 Å². The van der Waals surface area contributed by atoms with Crippen LogP contribution < -0.4 is 10.4 Å². The molecule has 0 aromatic heterocycles. The van der Waals surface area contributed by atoms with Crippen molar-refractivity contribution >= 4 is 24.2 Å². The third kappa shape index (κ3) is 2.55. The van der Waals surface area contributed by atoms with Gasteiger partial charge in [0.25, 0.3) is 0 Å². The number of piperazine rings is 1. The summed E-state index contributed by atoms with van der Waals surface area (Å²) in [5, 5.41) is 0. The van der Waals surface area contributed by atoms with Gasteiger partial charge in [-0.05, 0) is 45.3 Å². The molecule has 28 heavy (non-hydrogen) atoms. The molecule has 2 saturated heterocycles. The quantitative estimate of drug-likeness (QED) is 0.747. The summed E-state index contributed by atoms with van der Waals surface area (Å²) in [6, 6.07) is 8.29. The maximum atomic E-state index is 13.9. The van der Waals surface area contributed by atoms with Gasteiger partial charge in [-0.3, -0.25) is 4.79 Å². The van der Waals surface area contributed by atoms with Gasteiger partial charge in [-0.2, -0.15) is 0 Å². The minimum absolute atomic E-state index is 0.0331. The zero-order valence-corrected chi connectivity index (χ0v) is 17.1. The molecule has 0 N–H and O–H groups in total. The van der Waals surface area contributed by atoms with Crippen LogP contribution in [0.1, 0.15) is 40.5 Å². The molecule has 2 saturated carbocycles. The molecular formula is C21H28BFN2O3. The SMILES string of the molecule is CC1(C)OB(c2ccc(N3CCN(C(=O)C45CC4(F)C5)CC3)cc2)OC1(C)C. The van der Waals surface area contributed by atoms with Crippen LogP contribution in [-0.2, 0) is 14.1 Å². The first-order chi connectivity index (χ1) is 13.1. The summed E-state index contributed by atoms with van der Waals surface area (Å²) in [6.45, 7) is 11.1. The second-order valence-corrected chi connectivity index (χ2v) is 9.86. The molecule has 1 amide bonds. The maximum Gasteiger partial charge on any atom is 0.494 e. The number of carbonyl (C=O) groups excluding carboxylic acids is 1. The lowest BCUT2D eigenvalue weighted by molar-refractivity contribution is -0.135. The van der Waals surface area contributed by atoms with E-state index >= 15 is 0 Å². The molecule has 4 aliphatic rings. The first-order valence-corrected chi connectivity index (χ1v) is 10.3. The van der Waals surface area contributed by atoms with Crippen molar-refractivity contribution in [2.24, 2.45) is 5.41 Å². The van der Waals surface area contributed by atoms with Crippen LogP contribution in [0.15, 0.2) is 24.3 Å². The van der Waals surface area contributed by atoms with E-state index in [-0.39, 0.29) is 24.2 Å². The summed E-state index contributed by atoms with van der Waals surface area (Å²) in [5.74, 6) is 0.0331. The molecule has 0 bridgehead atoms. The summed E-state index contributed by atoms with van der Waals surface area (Å²) < 4.78 is 26.1. The summed E-state index contributed by atoms with van der Waals surface area (Å²) in [5.41, 5.74) is -0.331. The van der Waals surface area contributed by atoms with Gasteiger partial charge in [0.1, 0.15) is 5.67 Å². The summed E-state index contributed by atoms with van der Waals surface area (Å²) >= 11 is 0. The maximum absolute atomic E-state index is 13.9. The lowest BCUT2D eigenvalue weighted by atomic mass is 9.79. The van der Waals surface area contributed by atoms with Crippen LogP contribution >= 0.6 is 0 Å². The zero-order chi connectivity index (χ0) is 19.9. The Labute approximate surface area is 166 Å². The number of fused-ring (bicyclic) bond motifs is 1. The monoisotopic (exact) mass is 386 g/mol. The van der Waals surface area contributed by atoms with E-state index < -0.39 is 11.1 Å². The summed E-state index contributed by atoms with van der Waals surface area (Å²) in [4.78, 5) is 16.6. The number of benzene rings is 1. The Hall–Kier alpha value is -1.60. The third-order valence-corrected chi connectivity index (χ3v) is 7.53. The highest BCUT2D eigenvalue weighted by atomic mass is 19.1. The molecule has 1 aromatic rings. The first-order valence-electron chi connectivity index (χ1n) is 10.3. The van der Waals surface area contributed by atoms with Crippen LogP contribution in [0.3, 0.4) is 0 Å². The highest BCUT2D eigenvalue weighted by Crippen LogP contribution is 2.81. The van der Waals surface area contributed by atoms with E-state index in [0.29, 0.717) is 25.9 Å². The van der Waals surface area contributed by atoms with Gasteiger partial charge in [0, 0.05) is 44.7 Å². The van der Waals surface area contributed by atoms with Gasteiger partial charge in [-0.15, -0.1) is 0 Å². The van der Waals surface area contributed by atoms with Crippen molar-refractivity contribution in [3.8, 4) is 0 Å². The Morgan fingerprint density at radius 3 is 1.93 bits per heavy atom. The van der Waals surface area contributed by atoms with E-state index in [4.69, 9.17) is 9.31 Å². The van der Waals surface area contributed by atoms with Crippen LogP contribution in [0.5, 0.6) is 0 Å². The standard InChI is InChI=1S/C21H28BFN2O3/c1-18(2)19(3,4)28-22(27-18)15-5-7-16(8-6-15)24-9-11-25(12-10-24)17(26)20-13-21(20,23)14-20/h5-8H,9-14H2,1-4H3. The highest BCUT2D eigenvalue weighted by Gasteiger charge is 2.90. The van der Waals surface area contributed by atoms with Gasteiger partial charge in [0.05, 0.1) is 16.6 Å². The molecule has 150 valence electrons. The fourth-order valence-corrected chi connectivity index (χ4v) is 4.45. The topological polar surface area (TPSA) is 42.0 Å². The van der Waals surface area contributed by atoms with Gasteiger partial charge in [0.15, 0.2) is 0 Å². The molecule has 5 rings (SSSR count). The summed E-state index contributed by atoms with van der Waals surface area (Å²) in [7, 11) is -0.356. The van der Waals surface area contributed by atoms with Crippen molar-refractivity contribution in [3.05, 3.63) is 24.3 Å². The molecule has 2 heterocycles. The molecule has 0 spiro atoms. The van der Waals surface area contributed by atoms with Gasteiger partial charge in [-0.1, -0.05) is 12.1 Å². The number of alkyl halides is 1. The van der Waals surface area contributed by atoms with Crippen molar-refractivity contribution in [2.75, 3.05) is 31.1 Å². The number of rotatable bonds is 3. The van der Waals surface area contributed by atoms with Gasteiger partial charge in [0.2, 0.25) is 5.91 Å². The van der Waals surface area contributed by atoms with Crippen molar-refractivity contribution in [1.82, 2.24) is 4.90 Å². The number of carbonyl (C=O) groups is 1. The average molecular weight is 386 g/mol. The van der Waals surface area contributed by atoms with Crippen molar-refractivity contribution in [1.29, 1.82) is 0 Å². The Bertz CT molecular complexity index is 795. The van der Waals surface area contributed by atoms with Gasteiger partial charge >= 0.3 is 7.12 Å². The van der Waals surface area contributed by atoms with E-state index in [1.165, 1.54) is 0 Å². The number of halogens is 1. The van der Waals surface area contributed by atoms with Crippen molar-refractivity contribution < 1.29 is 18.5 Å². The van der Waals surface area contributed by atoms with Crippen LogP contribution in [0.4, 0.5) is 10.1 Å². The molecule has 2 aliphatic carbocycles. The van der Waals surface area contributed by atoms with E-state index in [9.17, 15) is 9.18 Å².